The molecule has 28 heavy (non-hydrogen) atoms. The predicted molar refractivity (Wildman–Crippen MR) is 110 cm³/mol. The van der Waals surface area contributed by atoms with E-state index in [9.17, 15) is 14.7 Å². The number of aromatic nitrogens is 3. The fraction of sp³-hybridized carbons (Fsp3) is 0.143. The van der Waals surface area contributed by atoms with Crippen LogP contribution in [0, 0.1) is 0 Å². The molecule has 0 atom stereocenters. The van der Waals surface area contributed by atoms with Crippen LogP contribution in [-0.4, -0.2) is 18.8 Å². The third-order valence-electron chi connectivity index (χ3n) is 4.99. The topological polar surface area (TPSA) is 69.2 Å². The van der Waals surface area contributed by atoms with E-state index in [0.717, 1.165) is 4.57 Å². The molecule has 4 rings (SSSR count). The Hall–Kier alpha value is -3.09. The van der Waals surface area contributed by atoms with Crippen molar-refractivity contribution in [3.05, 3.63) is 86.2 Å². The first-order chi connectivity index (χ1) is 13.5. The first kappa shape index (κ1) is 18.3. The third kappa shape index (κ3) is 2.61. The van der Waals surface area contributed by atoms with Gasteiger partial charge in [-0.1, -0.05) is 48.0 Å². The summed E-state index contributed by atoms with van der Waals surface area (Å²) in [5.74, 6) is 0. The number of hydrogen-bond donors (Lipinski definition) is 1. The second-order valence-electron chi connectivity index (χ2n) is 6.58. The Morgan fingerprint density at radius 2 is 1.64 bits per heavy atom. The van der Waals surface area contributed by atoms with Crippen LogP contribution in [0.25, 0.3) is 27.8 Å². The van der Waals surface area contributed by atoms with Crippen molar-refractivity contribution in [3.8, 4) is 16.9 Å². The molecule has 6 nitrogen and oxygen atoms in total. The van der Waals surface area contributed by atoms with Crippen molar-refractivity contribution in [2.75, 3.05) is 0 Å². The Morgan fingerprint density at radius 1 is 0.964 bits per heavy atom. The van der Waals surface area contributed by atoms with Gasteiger partial charge in [-0.2, -0.15) is 0 Å². The van der Waals surface area contributed by atoms with Crippen LogP contribution < -0.4 is 11.2 Å². The fourth-order valence-electron chi connectivity index (χ4n) is 3.53. The van der Waals surface area contributed by atoms with Gasteiger partial charge >= 0.3 is 5.69 Å². The lowest BCUT2D eigenvalue weighted by Crippen LogP contribution is -2.36. The van der Waals surface area contributed by atoms with E-state index >= 15 is 0 Å². The Morgan fingerprint density at radius 3 is 2.36 bits per heavy atom. The van der Waals surface area contributed by atoms with Crippen molar-refractivity contribution < 1.29 is 5.11 Å². The minimum atomic E-state index is -0.407. The summed E-state index contributed by atoms with van der Waals surface area (Å²) in [5, 5.41) is 10.7. The molecule has 0 radical (unpaired) electrons. The van der Waals surface area contributed by atoms with Gasteiger partial charge in [0.1, 0.15) is 0 Å². The minimum Gasteiger partial charge on any atom is -0.392 e. The fourth-order valence-corrected chi connectivity index (χ4v) is 3.75. The van der Waals surface area contributed by atoms with Crippen LogP contribution in [0.5, 0.6) is 0 Å². The Bertz CT molecular complexity index is 1330. The quantitative estimate of drug-likeness (QED) is 0.580. The summed E-state index contributed by atoms with van der Waals surface area (Å²) in [6, 6.07) is 14.6. The average Bonchev–Trinajstić information content (AvgIpc) is 3.11. The SMILES string of the molecule is Cn1c(=O)c2c(-c3ccccc3Cl)n(-c3ccccc3CO)cc2n(C)c1=O. The zero-order valence-corrected chi connectivity index (χ0v) is 16.1. The van der Waals surface area contributed by atoms with Crippen LogP contribution in [0.2, 0.25) is 5.02 Å². The number of aliphatic hydroxyl groups is 1. The van der Waals surface area contributed by atoms with E-state index in [4.69, 9.17) is 11.6 Å². The molecule has 0 saturated carbocycles. The maximum Gasteiger partial charge on any atom is 0.330 e. The first-order valence-electron chi connectivity index (χ1n) is 8.70. The molecule has 0 spiro atoms. The van der Waals surface area contributed by atoms with Gasteiger partial charge in [-0.15, -0.1) is 0 Å². The molecule has 0 amide bonds. The number of benzene rings is 2. The lowest BCUT2D eigenvalue weighted by molar-refractivity contribution is 0.281. The van der Waals surface area contributed by atoms with Crippen LogP contribution in [-0.2, 0) is 20.7 Å². The molecule has 0 fully saturated rings. The largest absolute Gasteiger partial charge is 0.392 e. The number of fused-ring (bicyclic) bond motifs is 1. The van der Waals surface area contributed by atoms with Gasteiger partial charge in [0.05, 0.1) is 28.9 Å². The van der Waals surface area contributed by atoms with Crippen molar-refractivity contribution in [1.82, 2.24) is 13.7 Å². The summed E-state index contributed by atoms with van der Waals surface area (Å²) in [7, 11) is 3.09. The highest BCUT2D eigenvalue weighted by Crippen LogP contribution is 2.35. The van der Waals surface area contributed by atoms with Gasteiger partial charge in [0.2, 0.25) is 0 Å². The maximum absolute atomic E-state index is 13.0. The average molecular weight is 396 g/mol. The van der Waals surface area contributed by atoms with E-state index in [2.05, 4.69) is 0 Å². The second kappa shape index (κ2) is 6.82. The zero-order chi connectivity index (χ0) is 20.0. The zero-order valence-electron chi connectivity index (χ0n) is 15.4. The molecule has 2 aromatic heterocycles. The summed E-state index contributed by atoms with van der Waals surface area (Å²) < 4.78 is 4.35. The highest BCUT2D eigenvalue weighted by Gasteiger charge is 2.22. The molecule has 1 N–H and O–H groups in total. The Kier molecular flexibility index (Phi) is 4.45. The number of aryl methyl sites for hydroxylation is 1. The summed E-state index contributed by atoms with van der Waals surface area (Å²) in [4.78, 5) is 25.5. The molecule has 2 heterocycles. The molecule has 0 bridgehead atoms. The lowest BCUT2D eigenvalue weighted by atomic mass is 10.1. The first-order valence-corrected chi connectivity index (χ1v) is 9.08. The van der Waals surface area contributed by atoms with Gasteiger partial charge in [0.25, 0.3) is 5.56 Å². The monoisotopic (exact) mass is 395 g/mol. The highest BCUT2D eigenvalue weighted by atomic mass is 35.5. The van der Waals surface area contributed by atoms with Crippen LogP contribution in [0.15, 0.2) is 64.3 Å². The normalized spacial score (nSPS) is 11.3. The minimum absolute atomic E-state index is 0.163. The third-order valence-corrected chi connectivity index (χ3v) is 5.32. The van der Waals surface area contributed by atoms with E-state index in [1.807, 2.05) is 47.0 Å². The maximum atomic E-state index is 13.0. The summed E-state index contributed by atoms with van der Waals surface area (Å²) >= 11 is 6.47. The van der Waals surface area contributed by atoms with E-state index in [1.165, 1.54) is 11.6 Å². The lowest BCUT2D eigenvalue weighted by Gasteiger charge is -2.14. The molecule has 7 heteroatoms. The molecule has 142 valence electrons. The molecule has 4 aromatic rings. The Labute approximate surface area is 165 Å². The number of hydrogen-bond acceptors (Lipinski definition) is 3. The van der Waals surface area contributed by atoms with Crippen molar-refractivity contribution in [3.63, 3.8) is 0 Å². The molecule has 2 aromatic carbocycles. The van der Waals surface area contributed by atoms with Crippen molar-refractivity contribution in [2.45, 2.75) is 6.61 Å². The van der Waals surface area contributed by atoms with Crippen LogP contribution in [0.1, 0.15) is 5.56 Å². The van der Waals surface area contributed by atoms with Gasteiger partial charge in [0.15, 0.2) is 0 Å². The van der Waals surface area contributed by atoms with E-state index in [1.54, 1.807) is 19.3 Å². The number of nitrogens with zero attached hydrogens (tertiary/aromatic N) is 3. The van der Waals surface area contributed by atoms with Crippen molar-refractivity contribution in [1.29, 1.82) is 0 Å². The highest BCUT2D eigenvalue weighted by molar-refractivity contribution is 6.33. The van der Waals surface area contributed by atoms with Crippen molar-refractivity contribution >= 4 is 22.5 Å². The number of halogens is 1. The molecular weight excluding hydrogens is 378 g/mol. The molecule has 0 aliphatic carbocycles. The molecule has 0 aliphatic heterocycles. The molecule has 0 saturated heterocycles. The number of para-hydroxylation sites is 1. The number of rotatable bonds is 3. The van der Waals surface area contributed by atoms with Gasteiger partial charge < -0.3 is 9.67 Å². The second-order valence-corrected chi connectivity index (χ2v) is 6.99. The van der Waals surface area contributed by atoms with Crippen molar-refractivity contribution in [2.24, 2.45) is 14.1 Å². The molecular formula is C21H18ClN3O3. The molecule has 0 aliphatic rings. The van der Waals surface area contributed by atoms with Crippen LogP contribution in [0.3, 0.4) is 0 Å². The smallest absolute Gasteiger partial charge is 0.330 e. The molecule has 0 unspecified atom stereocenters. The summed E-state index contributed by atoms with van der Waals surface area (Å²) in [6.45, 7) is -0.163. The van der Waals surface area contributed by atoms with Crippen LogP contribution in [0.4, 0.5) is 0 Å². The summed E-state index contributed by atoms with van der Waals surface area (Å²) in [6.07, 6.45) is 1.74. The Balaban J connectivity index is 2.26. The summed E-state index contributed by atoms with van der Waals surface area (Å²) in [5.41, 5.74) is 2.35. The standard InChI is InChI=1S/C21H18ClN3O3/c1-23-17-11-25(16-10-6-3-7-13(16)12-26)19(14-8-4-5-9-15(14)22)18(17)20(27)24(2)21(23)28/h3-11,26H,12H2,1-2H3. The number of aliphatic hydroxyl groups excluding tert-OH is 1. The van der Waals surface area contributed by atoms with Crippen LogP contribution >= 0.6 is 11.6 Å². The van der Waals surface area contributed by atoms with Gasteiger partial charge in [-0.05, 0) is 12.1 Å². The van der Waals surface area contributed by atoms with Gasteiger partial charge in [-0.25, -0.2) is 4.79 Å². The van der Waals surface area contributed by atoms with E-state index in [-0.39, 0.29) is 6.61 Å². The van der Waals surface area contributed by atoms with Gasteiger partial charge in [-0.3, -0.25) is 13.9 Å². The predicted octanol–water partition coefficient (Wildman–Crippen LogP) is 2.84. The van der Waals surface area contributed by atoms with E-state index < -0.39 is 11.2 Å². The van der Waals surface area contributed by atoms with Gasteiger partial charge in [0, 0.05) is 36.4 Å². The van der Waals surface area contributed by atoms with E-state index in [0.29, 0.717) is 38.4 Å².